The minimum atomic E-state index is -0.152. The molecule has 4 nitrogen and oxygen atoms in total. The monoisotopic (exact) mass is 370 g/mol. The lowest BCUT2D eigenvalue weighted by molar-refractivity contribution is -0.149. The molecule has 4 heteroatoms. The van der Waals surface area contributed by atoms with E-state index in [4.69, 9.17) is 9.47 Å². The number of hydrogen-bond donors (Lipinski definition) is 0. The molecule has 0 heterocycles. The van der Waals surface area contributed by atoms with E-state index >= 15 is 0 Å². The summed E-state index contributed by atoms with van der Waals surface area (Å²) in [6.07, 6.45) is 15.2. The maximum atomic E-state index is 11.7. The van der Waals surface area contributed by atoms with E-state index in [1.54, 1.807) is 0 Å². The highest BCUT2D eigenvalue weighted by Crippen LogP contribution is 2.10. The van der Waals surface area contributed by atoms with Gasteiger partial charge in [0.25, 0.3) is 0 Å². The molecule has 0 aromatic carbocycles. The molecule has 0 aliphatic heterocycles. The van der Waals surface area contributed by atoms with E-state index in [-0.39, 0.29) is 18.0 Å². The Balaban J connectivity index is 3.39. The Labute approximate surface area is 161 Å². The highest BCUT2D eigenvalue weighted by Gasteiger charge is 2.09. The molecule has 1 unspecified atom stereocenters. The zero-order valence-corrected chi connectivity index (χ0v) is 17.5. The van der Waals surface area contributed by atoms with E-state index in [0.29, 0.717) is 32.3 Å². The first-order valence-electron chi connectivity index (χ1n) is 10.9. The number of rotatable bonds is 18. The second-order valence-corrected chi connectivity index (χ2v) is 7.35. The van der Waals surface area contributed by atoms with Gasteiger partial charge in [0, 0.05) is 12.8 Å². The highest BCUT2D eigenvalue weighted by atomic mass is 16.5. The van der Waals surface area contributed by atoms with Gasteiger partial charge in [-0.3, -0.25) is 9.59 Å². The molecular formula is C22H42O4. The fraction of sp³-hybridized carbons (Fsp3) is 0.909. The van der Waals surface area contributed by atoms with Gasteiger partial charge in [-0.1, -0.05) is 71.6 Å². The van der Waals surface area contributed by atoms with E-state index in [9.17, 15) is 9.59 Å². The topological polar surface area (TPSA) is 52.6 Å². The van der Waals surface area contributed by atoms with Crippen LogP contribution >= 0.6 is 0 Å². The molecule has 0 radical (unpaired) electrons. The Morgan fingerprint density at radius 3 is 1.85 bits per heavy atom. The molecule has 154 valence electrons. The molecule has 0 aromatic rings. The van der Waals surface area contributed by atoms with Crippen molar-refractivity contribution in [2.75, 3.05) is 6.61 Å². The van der Waals surface area contributed by atoms with Crippen LogP contribution in [0.1, 0.15) is 117 Å². The summed E-state index contributed by atoms with van der Waals surface area (Å²) in [5.41, 5.74) is 0. The number of carbonyl (C=O) groups excluding carboxylic acids is 2. The first kappa shape index (κ1) is 24.9. The van der Waals surface area contributed by atoms with Crippen LogP contribution in [-0.4, -0.2) is 24.6 Å². The molecule has 1 atom stereocenters. The van der Waals surface area contributed by atoms with Crippen molar-refractivity contribution >= 4 is 11.9 Å². The van der Waals surface area contributed by atoms with Gasteiger partial charge in [0.05, 0.1) is 12.7 Å². The maximum absolute atomic E-state index is 11.7. The number of esters is 2. The summed E-state index contributed by atoms with van der Waals surface area (Å²) in [4.78, 5) is 23.3. The Morgan fingerprint density at radius 2 is 1.23 bits per heavy atom. The predicted molar refractivity (Wildman–Crippen MR) is 107 cm³/mol. The van der Waals surface area contributed by atoms with Crippen LogP contribution in [-0.2, 0) is 19.1 Å². The lowest BCUT2D eigenvalue weighted by atomic mass is 10.1. The number of unbranched alkanes of at least 4 members (excludes halogenated alkanes) is 9. The van der Waals surface area contributed by atoms with E-state index in [0.717, 1.165) is 32.1 Å². The molecule has 0 aliphatic rings. The number of hydrogen-bond acceptors (Lipinski definition) is 4. The summed E-state index contributed by atoms with van der Waals surface area (Å²) in [6.45, 7) is 6.83. The molecule has 0 spiro atoms. The van der Waals surface area contributed by atoms with Crippen molar-refractivity contribution in [3.63, 3.8) is 0 Å². The fourth-order valence-electron chi connectivity index (χ4n) is 2.87. The van der Waals surface area contributed by atoms with Crippen molar-refractivity contribution in [1.82, 2.24) is 0 Å². The van der Waals surface area contributed by atoms with Gasteiger partial charge >= 0.3 is 11.9 Å². The third-order valence-corrected chi connectivity index (χ3v) is 4.57. The van der Waals surface area contributed by atoms with Gasteiger partial charge in [-0.15, -0.1) is 0 Å². The van der Waals surface area contributed by atoms with Crippen molar-refractivity contribution in [3.8, 4) is 0 Å². The molecule has 0 saturated heterocycles. The quantitative estimate of drug-likeness (QED) is 0.208. The van der Waals surface area contributed by atoms with Gasteiger partial charge in [-0.25, -0.2) is 0 Å². The van der Waals surface area contributed by atoms with Crippen LogP contribution in [0.5, 0.6) is 0 Å². The maximum Gasteiger partial charge on any atom is 0.306 e. The minimum Gasteiger partial charge on any atom is -0.466 e. The van der Waals surface area contributed by atoms with Crippen LogP contribution in [0, 0.1) is 0 Å². The Bertz CT molecular complexity index is 341. The standard InChI is InChI=1S/C22H42O4/c1-4-6-8-9-10-11-12-15-19-25-21(23)17-13-14-18-22(24)26-20(3)16-7-5-2/h20H,4-19H2,1-3H3. The summed E-state index contributed by atoms with van der Waals surface area (Å²) in [5.74, 6) is -0.293. The van der Waals surface area contributed by atoms with Gasteiger partial charge < -0.3 is 9.47 Å². The van der Waals surface area contributed by atoms with Gasteiger partial charge in [-0.2, -0.15) is 0 Å². The van der Waals surface area contributed by atoms with Crippen molar-refractivity contribution in [2.45, 2.75) is 123 Å². The number of carbonyl (C=O) groups is 2. The molecule has 0 saturated carbocycles. The normalized spacial score (nSPS) is 12.0. The fourth-order valence-corrected chi connectivity index (χ4v) is 2.87. The van der Waals surface area contributed by atoms with E-state index in [1.807, 2.05) is 6.92 Å². The third-order valence-electron chi connectivity index (χ3n) is 4.57. The molecule has 26 heavy (non-hydrogen) atoms. The van der Waals surface area contributed by atoms with Crippen molar-refractivity contribution < 1.29 is 19.1 Å². The molecule has 0 amide bonds. The van der Waals surface area contributed by atoms with Crippen molar-refractivity contribution in [1.29, 1.82) is 0 Å². The van der Waals surface area contributed by atoms with Crippen LogP contribution < -0.4 is 0 Å². The van der Waals surface area contributed by atoms with Gasteiger partial charge in [-0.05, 0) is 32.6 Å². The second-order valence-electron chi connectivity index (χ2n) is 7.35. The predicted octanol–water partition coefficient (Wildman–Crippen LogP) is 6.35. The van der Waals surface area contributed by atoms with E-state index < -0.39 is 0 Å². The number of ether oxygens (including phenoxy) is 2. The van der Waals surface area contributed by atoms with Crippen LogP contribution in [0.4, 0.5) is 0 Å². The lowest BCUT2D eigenvalue weighted by Crippen LogP contribution is -2.14. The molecular weight excluding hydrogens is 328 g/mol. The first-order valence-corrected chi connectivity index (χ1v) is 10.9. The molecule has 0 fully saturated rings. The SMILES string of the molecule is CCCCCCCCCCOC(=O)CCCCC(=O)OC(C)CCCC. The summed E-state index contributed by atoms with van der Waals surface area (Å²) in [5, 5.41) is 0. The smallest absolute Gasteiger partial charge is 0.306 e. The van der Waals surface area contributed by atoms with Crippen molar-refractivity contribution in [2.24, 2.45) is 0 Å². The molecule has 0 aromatic heterocycles. The largest absolute Gasteiger partial charge is 0.466 e. The molecule has 0 aliphatic carbocycles. The molecule has 0 rings (SSSR count). The van der Waals surface area contributed by atoms with Crippen LogP contribution in [0.3, 0.4) is 0 Å². The minimum absolute atomic E-state index is 0.000870. The van der Waals surface area contributed by atoms with Gasteiger partial charge in [0.15, 0.2) is 0 Å². The highest BCUT2D eigenvalue weighted by molar-refractivity contribution is 5.70. The third kappa shape index (κ3) is 17.8. The summed E-state index contributed by atoms with van der Waals surface area (Å²) in [6, 6.07) is 0. The summed E-state index contributed by atoms with van der Waals surface area (Å²) < 4.78 is 10.6. The van der Waals surface area contributed by atoms with E-state index in [1.165, 1.54) is 38.5 Å². The Hall–Kier alpha value is -1.06. The van der Waals surface area contributed by atoms with Gasteiger partial charge in [0.1, 0.15) is 0 Å². The average Bonchev–Trinajstić information content (AvgIpc) is 2.62. The van der Waals surface area contributed by atoms with Gasteiger partial charge in [0.2, 0.25) is 0 Å². The Kier molecular flexibility index (Phi) is 18.0. The van der Waals surface area contributed by atoms with E-state index in [2.05, 4.69) is 13.8 Å². The lowest BCUT2D eigenvalue weighted by Gasteiger charge is -2.12. The molecule has 0 N–H and O–H groups in total. The summed E-state index contributed by atoms with van der Waals surface area (Å²) in [7, 11) is 0. The first-order chi connectivity index (χ1) is 12.6. The zero-order chi connectivity index (χ0) is 19.5. The summed E-state index contributed by atoms with van der Waals surface area (Å²) >= 11 is 0. The second kappa shape index (κ2) is 18.7. The van der Waals surface area contributed by atoms with Crippen molar-refractivity contribution in [3.05, 3.63) is 0 Å². The van der Waals surface area contributed by atoms with Crippen LogP contribution in [0.15, 0.2) is 0 Å². The average molecular weight is 371 g/mol. The van der Waals surface area contributed by atoms with Crippen LogP contribution in [0.25, 0.3) is 0 Å². The Morgan fingerprint density at radius 1 is 0.692 bits per heavy atom. The molecule has 0 bridgehead atoms. The van der Waals surface area contributed by atoms with Crippen LogP contribution in [0.2, 0.25) is 0 Å². The zero-order valence-electron chi connectivity index (χ0n) is 17.5.